The minimum absolute atomic E-state index is 0.344. The van der Waals surface area contributed by atoms with Crippen LogP contribution < -0.4 is 16.0 Å². The summed E-state index contributed by atoms with van der Waals surface area (Å²) in [6, 6.07) is 1.99. The molecule has 1 aliphatic rings. The quantitative estimate of drug-likeness (QED) is 0.867. The van der Waals surface area contributed by atoms with Crippen LogP contribution in [0.4, 0.5) is 17.6 Å². The largest absolute Gasteiger partial charge is 0.370 e. The van der Waals surface area contributed by atoms with Gasteiger partial charge in [-0.3, -0.25) is 0 Å². The third-order valence-electron chi connectivity index (χ3n) is 2.85. The third-order valence-corrected chi connectivity index (χ3v) is 3.99. The standard InChI is InChI=1S/C12H21N5S/c1-3-4-14-10-7-11(16-12(13)15-10)17-5-6-18-9(2)8-17/h7,9H,3-6,8H2,1-2H3,(H3,13,14,15,16). The van der Waals surface area contributed by atoms with Crippen LogP contribution in [0.25, 0.3) is 0 Å². The van der Waals surface area contributed by atoms with Crippen molar-refractivity contribution in [2.75, 3.05) is 41.3 Å². The summed E-state index contributed by atoms with van der Waals surface area (Å²) in [5.74, 6) is 3.25. The number of hydrogen-bond donors (Lipinski definition) is 2. The molecule has 18 heavy (non-hydrogen) atoms. The van der Waals surface area contributed by atoms with Crippen molar-refractivity contribution in [3.63, 3.8) is 0 Å². The number of nitrogens with two attached hydrogens (primary N) is 1. The van der Waals surface area contributed by atoms with E-state index in [0.717, 1.165) is 43.4 Å². The van der Waals surface area contributed by atoms with Gasteiger partial charge in [0.05, 0.1) is 0 Å². The molecule has 0 bridgehead atoms. The first-order valence-corrected chi connectivity index (χ1v) is 7.49. The van der Waals surface area contributed by atoms with Crippen LogP contribution in [0, 0.1) is 0 Å². The van der Waals surface area contributed by atoms with E-state index >= 15 is 0 Å². The molecule has 0 radical (unpaired) electrons. The molecule has 6 heteroatoms. The molecule has 0 aromatic carbocycles. The average molecular weight is 267 g/mol. The number of hydrogen-bond acceptors (Lipinski definition) is 6. The van der Waals surface area contributed by atoms with Crippen LogP contribution in [0.5, 0.6) is 0 Å². The first kappa shape index (κ1) is 13.3. The first-order chi connectivity index (χ1) is 8.69. The fourth-order valence-electron chi connectivity index (χ4n) is 1.98. The molecule has 1 atom stereocenters. The van der Waals surface area contributed by atoms with E-state index in [9.17, 15) is 0 Å². The smallest absolute Gasteiger partial charge is 0.223 e. The Kier molecular flexibility index (Phi) is 4.52. The summed E-state index contributed by atoms with van der Waals surface area (Å²) in [5.41, 5.74) is 5.78. The zero-order chi connectivity index (χ0) is 13.0. The molecule has 1 fully saturated rings. The Hall–Kier alpha value is -1.17. The molecule has 1 aromatic rings. The van der Waals surface area contributed by atoms with Gasteiger partial charge in [0.2, 0.25) is 5.95 Å². The second-order valence-electron chi connectivity index (χ2n) is 4.52. The molecule has 5 nitrogen and oxygen atoms in total. The minimum atomic E-state index is 0.344. The summed E-state index contributed by atoms with van der Waals surface area (Å²) in [7, 11) is 0. The first-order valence-electron chi connectivity index (χ1n) is 6.44. The fourth-order valence-corrected chi connectivity index (χ4v) is 3.00. The second kappa shape index (κ2) is 6.13. The van der Waals surface area contributed by atoms with Crippen LogP contribution in [-0.2, 0) is 0 Å². The van der Waals surface area contributed by atoms with E-state index in [1.54, 1.807) is 0 Å². The van der Waals surface area contributed by atoms with E-state index in [1.165, 1.54) is 0 Å². The van der Waals surface area contributed by atoms with Crippen molar-refractivity contribution in [2.24, 2.45) is 0 Å². The lowest BCUT2D eigenvalue weighted by molar-refractivity contribution is 0.769. The molecular formula is C12H21N5S. The average Bonchev–Trinajstić information content (AvgIpc) is 2.36. The molecule has 100 valence electrons. The number of nitrogen functional groups attached to an aromatic ring is 1. The van der Waals surface area contributed by atoms with Gasteiger partial charge in [0.1, 0.15) is 11.6 Å². The number of anilines is 3. The fraction of sp³-hybridized carbons (Fsp3) is 0.667. The Bertz CT molecular complexity index is 398. The highest BCUT2D eigenvalue weighted by Gasteiger charge is 2.18. The van der Waals surface area contributed by atoms with Gasteiger partial charge in [-0.05, 0) is 6.42 Å². The Balaban J connectivity index is 2.13. The van der Waals surface area contributed by atoms with Crippen LogP contribution >= 0.6 is 11.8 Å². The summed E-state index contributed by atoms with van der Waals surface area (Å²) in [5, 5.41) is 3.90. The summed E-state index contributed by atoms with van der Waals surface area (Å²) in [6.45, 7) is 7.33. The zero-order valence-corrected chi connectivity index (χ0v) is 11.8. The van der Waals surface area contributed by atoms with Gasteiger partial charge in [-0.15, -0.1) is 0 Å². The molecule has 2 rings (SSSR count). The van der Waals surface area contributed by atoms with E-state index in [-0.39, 0.29) is 0 Å². The number of aromatic nitrogens is 2. The van der Waals surface area contributed by atoms with E-state index in [1.807, 2.05) is 17.8 Å². The molecule has 2 heterocycles. The predicted octanol–water partition coefficient (Wildman–Crippen LogP) is 1.82. The second-order valence-corrected chi connectivity index (χ2v) is 6.07. The monoisotopic (exact) mass is 267 g/mol. The van der Waals surface area contributed by atoms with Gasteiger partial charge in [-0.25, -0.2) is 0 Å². The van der Waals surface area contributed by atoms with Crippen LogP contribution in [0.15, 0.2) is 6.07 Å². The summed E-state index contributed by atoms with van der Waals surface area (Å²) >= 11 is 2.01. The van der Waals surface area contributed by atoms with Crippen molar-refractivity contribution >= 4 is 29.3 Å². The van der Waals surface area contributed by atoms with Crippen molar-refractivity contribution in [3.05, 3.63) is 6.07 Å². The predicted molar refractivity (Wildman–Crippen MR) is 79.4 cm³/mol. The molecule has 1 saturated heterocycles. The van der Waals surface area contributed by atoms with Crippen LogP contribution in [0.2, 0.25) is 0 Å². The molecule has 0 spiro atoms. The lowest BCUT2D eigenvalue weighted by atomic mass is 10.3. The van der Waals surface area contributed by atoms with Gasteiger partial charge in [-0.2, -0.15) is 21.7 Å². The lowest BCUT2D eigenvalue weighted by Gasteiger charge is -2.31. The van der Waals surface area contributed by atoms with Crippen molar-refractivity contribution in [3.8, 4) is 0 Å². The molecular weight excluding hydrogens is 246 g/mol. The van der Waals surface area contributed by atoms with Crippen molar-refractivity contribution in [1.29, 1.82) is 0 Å². The molecule has 0 aliphatic carbocycles. The number of thioether (sulfide) groups is 1. The maximum atomic E-state index is 5.78. The molecule has 0 amide bonds. The van der Waals surface area contributed by atoms with Crippen LogP contribution in [-0.4, -0.2) is 40.6 Å². The minimum Gasteiger partial charge on any atom is -0.370 e. The van der Waals surface area contributed by atoms with Gasteiger partial charge in [0, 0.05) is 36.7 Å². The van der Waals surface area contributed by atoms with E-state index in [2.05, 4.69) is 34.0 Å². The molecule has 1 aliphatic heterocycles. The van der Waals surface area contributed by atoms with E-state index in [0.29, 0.717) is 11.2 Å². The number of nitrogens with one attached hydrogen (secondary N) is 1. The summed E-state index contributed by atoms with van der Waals surface area (Å²) < 4.78 is 0. The van der Waals surface area contributed by atoms with Crippen molar-refractivity contribution in [2.45, 2.75) is 25.5 Å². The summed E-state index contributed by atoms with van der Waals surface area (Å²) in [4.78, 5) is 10.8. The Labute approximate surface area is 113 Å². The molecule has 1 unspecified atom stereocenters. The van der Waals surface area contributed by atoms with E-state index < -0.39 is 0 Å². The van der Waals surface area contributed by atoms with Crippen molar-refractivity contribution in [1.82, 2.24) is 9.97 Å². The Morgan fingerprint density at radius 1 is 1.56 bits per heavy atom. The van der Waals surface area contributed by atoms with Gasteiger partial charge in [0.25, 0.3) is 0 Å². The van der Waals surface area contributed by atoms with Gasteiger partial charge < -0.3 is 16.0 Å². The molecule has 3 N–H and O–H groups in total. The number of rotatable bonds is 4. The van der Waals surface area contributed by atoms with Crippen LogP contribution in [0.1, 0.15) is 20.3 Å². The summed E-state index contributed by atoms with van der Waals surface area (Å²) in [6.07, 6.45) is 1.07. The number of nitrogens with zero attached hydrogens (tertiary/aromatic N) is 3. The van der Waals surface area contributed by atoms with Gasteiger partial charge in [-0.1, -0.05) is 13.8 Å². The Morgan fingerprint density at radius 3 is 3.11 bits per heavy atom. The van der Waals surface area contributed by atoms with Crippen molar-refractivity contribution < 1.29 is 0 Å². The normalized spacial score (nSPS) is 19.9. The lowest BCUT2D eigenvalue weighted by Crippen LogP contribution is -2.37. The van der Waals surface area contributed by atoms with Crippen LogP contribution in [0.3, 0.4) is 0 Å². The third kappa shape index (κ3) is 3.41. The maximum Gasteiger partial charge on any atom is 0.223 e. The molecule has 1 aromatic heterocycles. The highest BCUT2D eigenvalue weighted by Crippen LogP contribution is 2.24. The molecule has 0 saturated carbocycles. The van der Waals surface area contributed by atoms with Gasteiger partial charge in [0.15, 0.2) is 0 Å². The highest BCUT2D eigenvalue weighted by molar-refractivity contribution is 8.00. The van der Waals surface area contributed by atoms with Gasteiger partial charge >= 0.3 is 0 Å². The topological polar surface area (TPSA) is 67.1 Å². The van der Waals surface area contributed by atoms with E-state index in [4.69, 9.17) is 5.73 Å². The maximum absolute atomic E-state index is 5.78. The SMILES string of the molecule is CCCNc1cc(N2CCSC(C)C2)nc(N)n1. The Morgan fingerprint density at radius 2 is 2.39 bits per heavy atom. The highest BCUT2D eigenvalue weighted by atomic mass is 32.2. The zero-order valence-electron chi connectivity index (χ0n) is 11.0.